The van der Waals surface area contributed by atoms with Gasteiger partial charge >= 0.3 is 0 Å². The Morgan fingerprint density at radius 2 is 2.16 bits per heavy atom. The number of aliphatic hydroxyl groups excluding tert-OH is 1. The first-order valence-electron chi connectivity index (χ1n) is 6.32. The monoisotopic (exact) mass is 296 g/mol. The quantitative estimate of drug-likeness (QED) is 0.789. The van der Waals surface area contributed by atoms with Gasteiger partial charge in [-0.15, -0.1) is 11.3 Å². The third-order valence-corrected chi connectivity index (χ3v) is 4.01. The van der Waals surface area contributed by atoms with Gasteiger partial charge in [-0.05, 0) is 49.6 Å². The largest absolute Gasteiger partial charge is 0.494 e. The van der Waals surface area contributed by atoms with Crippen LogP contribution in [0.2, 0.25) is 4.34 Å². The molecule has 0 radical (unpaired) electrons. The number of ether oxygens (including phenoxy) is 1. The zero-order chi connectivity index (χ0) is 13.7. The Bertz CT molecular complexity index is 522. The highest BCUT2D eigenvalue weighted by atomic mass is 35.5. The summed E-state index contributed by atoms with van der Waals surface area (Å²) in [4.78, 5) is 1.14. The maximum Gasteiger partial charge on any atom is 0.119 e. The Morgan fingerprint density at radius 1 is 1.32 bits per heavy atom. The van der Waals surface area contributed by atoms with Crippen LogP contribution in [0.25, 0.3) is 10.4 Å². The van der Waals surface area contributed by atoms with Gasteiger partial charge in [-0.3, -0.25) is 0 Å². The summed E-state index contributed by atoms with van der Waals surface area (Å²) in [6, 6.07) is 11.9. The van der Waals surface area contributed by atoms with Gasteiger partial charge < -0.3 is 9.84 Å². The number of hydrogen-bond acceptors (Lipinski definition) is 3. The number of aliphatic hydroxyl groups is 1. The lowest BCUT2D eigenvalue weighted by Gasteiger charge is -2.08. The molecule has 19 heavy (non-hydrogen) atoms. The lowest BCUT2D eigenvalue weighted by atomic mass is 10.2. The van der Waals surface area contributed by atoms with Gasteiger partial charge in [-0.25, -0.2) is 0 Å². The van der Waals surface area contributed by atoms with Crippen LogP contribution in [0.5, 0.6) is 5.75 Å². The van der Waals surface area contributed by atoms with Crippen molar-refractivity contribution in [1.29, 1.82) is 0 Å². The fourth-order valence-electron chi connectivity index (χ4n) is 1.78. The van der Waals surface area contributed by atoms with E-state index in [1.165, 1.54) is 0 Å². The van der Waals surface area contributed by atoms with Gasteiger partial charge in [0.15, 0.2) is 0 Å². The minimum atomic E-state index is -0.261. The third kappa shape index (κ3) is 4.53. The summed E-state index contributed by atoms with van der Waals surface area (Å²) in [5, 5.41) is 9.18. The molecule has 2 aromatic rings. The van der Waals surface area contributed by atoms with Crippen LogP contribution in [0.1, 0.15) is 19.8 Å². The van der Waals surface area contributed by atoms with Crippen molar-refractivity contribution < 1.29 is 9.84 Å². The smallest absolute Gasteiger partial charge is 0.119 e. The van der Waals surface area contributed by atoms with Crippen molar-refractivity contribution in [2.45, 2.75) is 25.9 Å². The molecule has 0 aliphatic carbocycles. The van der Waals surface area contributed by atoms with Crippen molar-refractivity contribution in [3.8, 4) is 16.2 Å². The van der Waals surface area contributed by atoms with Crippen LogP contribution in [0.4, 0.5) is 0 Å². The van der Waals surface area contributed by atoms with Crippen molar-refractivity contribution in [3.05, 3.63) is 40.7 Å². The molecular formula is C15H17ClO2S. The minimum Gasteiger partial charge on any atom is -0.494 e. The van der Waals surface area contributed by atoms with Gasteiger partial charge in [0.05, 0.1) is 17.0 Å². The van der Waals surface area contributed by atoms with Crippen molar-refractivity contribution in [2.24, 2.45) is 0 Å². The predicted molar refractivity (Wildman–Crippen MR) is 81.2 cm³/mol. The molecule has 0 saturated heterocycles. The molecule has 2 rings (SSSR count). The molecular weight excluding hydrogens is 280 g/mol. The second-order valence-electron chi connectivity index (χ2n) is 4.47. The van der Waals surface area contributed by atoms with Crippen LogP contribution in [0.3, 0.4) is 0 Å². The molecule has 0 aliphatic rings. The second kappa shape index (κ2) is 6.94. The lowest BCUT2D eigenvalue weighted by Crippen LogP contribution is -2.04. The van der Waals surface area contributed by atoms with E-state index in [2.05, 4.69) is 0 Å². The van der Waals surface area contributed by atoms with E-state index < -0.39 is 0 Å². The van der Waals surface area contributed by atoms with E-state index in [1.54, 1.807) is 18.3 Å². The summed E-state index contributed by atoms with van der Waals surface area (Å²) < 4.78 is 6.48. The van der Waals surface area contributed by atoms with E-state index in [4.69, 9.17) is 16.3 Å². The summed E-state index contributed by atoms with van der Waals surface area (Å²) >= 11 is 7.50. The molecule has 1 atom stereocenters. The van der Waals surface area contributed by atoms with Crippen molar-refractivity contribution in [2.75, 3.05) is 6.61 Å². The molecule has 1 heterocycles. The van der Waals surface area contributed by atoms with E-state index in [0.717, 1.165) is 33.4 Å². The molecule has 1 aromatic heterocycles. The van der Waals surface area contributed by atoms with Gasteiger partial charge in [-0.2, -0.15) is 0 Å². The molecule has 0 aliphatic heterocycles. The van der Waals surface area contributed by atoms with Crippen molar-refractivity contribution >= 4 is 22.9 Å². The van der Waals surface area contributed by atoms with Crippen molar-refractivity contribution in [1.82, 2.24) is 0 Å². The predicted octanol–water partition coefficient (Wildman–Crippen LogP) is 4.61. The minimum absolute atomic E-state index is 0.261. The third-order valence-electron chi connectivity index (χ3n) is 2.73. The van der Waals surface area contributed by atoms with Crippen LogP contribution >= 0.6 is 22.9 Å². The van der Waals surface area contributed by atoms with Gasteiger partial charge in [0, 0.05) is 4.88 Å². The number of benzene rings is 1. The van der Waals surface area contributed by atoms with Crippen LogP contribution in [-0.2, 0) is 0 Å². The van der Waals surface area contributed by atoms with E-state index in [9.17, 15) is 5.11 Å². The van der Waals surface area contributed by atoms with Crippen LogP contribution in [0, 0.1) is 0 Å². The zero-order valence-corrected chi connectivity index (χ0v) is 12.4. The Balaban J connectivity index is 1.96. The highest BCUT2D eigenvalue weighted by Gasteiger charge is 2.03. The highest BCUT2D eigenvalue weighted by molar-refractivity contribution is 7.19. The van der Waals surface area contributed by atoms with E-state index in [0.29, 0.717) is 6.61 Å². The standard InChI is InChI=1S/C15H17ClO2S/c1-11(17)4-3-9-18-13-6-2-5-12(10-13)14-7-8-15(16)19-14/h2,5-8,10-11,17H,3-4,9H2,1H3/t11-/m0/s1. The average Bonchev–Trinajstić information content (AvgIpc) is 2.82. The zero-order valence-electron chi connectivity index (χ0n) is 10.8. The second-order valence-corrected chi connectivity index (χ2v) is 6.19. The molecule has 0 unspecified atom stereocenters. The molecule has 2 nitrogen and oxygen atoms in total. The molecule has 1 N–H and O–H groups in total. The first kappa shape index (κ1) is 14.4. The molecule has 0 spiro atoms. The van der Waals surface area contributed by atoms with Gasteiger partial charge in [-0.1, -0.05) is 23.7 Å². The summed E-state index contributed by atoms with van der Waals surface area (Å²) in [6.07, 6.45) is 1.36. The normalized spacial score (nSPS) is 12.4. The highest BCUT2D eigenvalue weighted by Crippen LogP contribution is 2.32. The number of hydrogen-bond donors (Lipinski definition) is 1. The van der Waals surface area contributed by atoms with Gasteiger partial charge in [0.25, 0.3) is 0 Å². The van der Waals surface area contributed by atoms with Crippen LogP contribution in [-0.4, -0.2) is 17.8 Å². The number of thiophene rings is 1. The summed E-state index contributed by atoms with van der Waals surface area (Å²) in [7, 11) is 0. The molecule has 102 valence electrons. The molecule has 0 fully saturated rings. The maximum atomic E-state index is 9.18. The Labute approximate surface area is 122 Å². The first-order valence-corrected chi connectivity index (χ1v) is 7.51. The number of halogens is 1. The Morgan fingerprint density at radius 3 is 2.84 bits per heavy atom. The maximum absolute atomic E-state index is 9.18. The van der Waals surface area contributed by atoms with E-state index >= 15 is 0 Å². The Hall–Kier alpha value is -1.03. The molecule has 0 bridgehead atoms. The van der Waals surface area contributed by atoms with E-state index in [-0.39, 0.29) is 6.10 Å². The molecule has 1 aromatic carbocycles. The fraction of sp³-hybridized carbons (Fsp3) is 0.333. The molecule has 4 heteroatoms. The summed E-state index contributed by atoms with van der Waals surface area (Å²) in [5.74, 6) is 0.854. The van der Waals surface area contributed by atoms with Gasteiger partial charge in [0.1, 0.15) is 5.75 Å². The molecule has 0 saturated carbocycles. The first-order chi connectivity index (χ1) is 9.15. The fourth-order valence-corrected chi connectivity index (χ4v) is 2.82. The lowest BCUT2D eigenvalue weighted by molar-refractivity contribution is 0.170. The number of rotatable bonds is 6. The van der Waals surface area contributed by atoms with Crippen LogP contribution in [0.15, 0.2) is 36.4 Å². The topological polar surface area (TPSA) is 29.5 Å². The summed E-state index contributed by atoms with van der Waals surface area (Å²) in [5.41, 5.74) is 1.12. The van der Waals surface area contributed by atoms with E-state index in [1.807, 2.05) is 36.4 Å². The summed E-state index contributed by atoms with van der Waals surface area (Å²) in [6.45, 7) is 2.42. The SMILES string of the molecule is C[C@H](O)CCCOc1cccc(-c2ccc(Cl)s2)c1. The van der Waals surface area contributed by atoms with Crippen LogP contribution < -0.4 is 4.74 Å². The Kier molecular flexibility index (Phi) is 5.25. The van der Waals surface area contributed by atoms with Gasteiger partial charge in [0.2, 0.25) is 0 Å². The van der Waals surface area contributed by atoms with Crippen molar-refractivity contribution in [3.63, 3.8) is 0 Å². The average molecular weight is 297 g/mol. The molecule has 0 amide bonds.